The van der Waals surface area contributed by atoms with Gasteiger partial charge in [-0.1, -0.05) is 0 Å². The molecule has 2 N–H and O–H groups in total. The zero-order valence-corrected chi connectivity index (χ0v) is 17.6. The molecule has 0 spiro atoms. The van der Waals surface area contributed by atoms with E-state index < -0.39 is 0 Å². The lowest BCUT2D eigenvalue weighted by atomic mass is 10.1. The molecule has 1 aromatic carbocycles. The van der Waals surface area contributed by atoms with Crippen molar-refractivity contribution < 1.29 is 9.53 Å². The maximum absolute atomic E-state index is 12.9. The first kappa shape index (κ1) is 18.8. The molecule has 9 heteroatoms. The van der Waals surface area contributed by atoms with Crippen LogP contribution in [0.4, 0.5) is 22.9 Å². The summed E-state index contributed by atoms with van der Waals surface area (Å²) in [6, 6.07) is 7.70. The number of likely N-dealkylation sites (N-methyl/N-ethyl adjacent to an activating group) is 1. The van der Waals surface area contributed by atoms with Crippen LogP contribution in [0, 0.1) is 0 Å². The average molecular weight is 423 g/mol. The highest BCUT2D eigenvalue weighted by Crippen LogP contribution is 2.42. The lowest BCUT2D eigenvalue weighted by molar-refractivity contribution is 0.103. The molecular weight excluding hydrogens is 400 g/mol. The fourth-order valence-electron chi connectivity index (χ4n) is 3.72. The maximum atomic E-state index is 12.9. The molecule has 0 bridgehead atoms. The van der Waals surface area contributed by atoms with E-state index in [0.29, 0.717) is 16.4 Å². The highest BCUT2D eigenvalue weighted by molar-refractivity contribution is 7.17. The summed E-state index contributed by atoms with van der Waals surface area (Å²) in [6.45, 7) is 3.84. The van der Waals surface area contributed by atoms with Gasteiger partial charge in [0.1, 0.15) is 15.6 Å². The lowest BCUT2D eigenvalue weighted by Gasteiger charge is -2.35. The van der Waals surface area contributed by atoms with Crippen molar-refractivity contribution in [1.29, 1.82) is 0 Å². The quantitative estimate of drug-likeness (QED) is 0.670. The Bertz CT molecular complexity index is 1090. The van der Waals surface area contributed by atoms with Gasteiger partial charge in [-0.2, -0.15) is 0 Å². The Kier molecular flexibility index (Phi) is 4.76. The number of nitrogens with one attached hydrogen (secondary N) is 2. The number of anilines is 4. The molecule has 0 atom stereocenters. The number of nitrogens with zero attached hydrogens (tertiary/aromatic N) is 4. The van der Waals surface area contributed by atoms with Crippen molar-refractivity contribution in [1.82, 2.24) is 14.9 Å². The number of hydrogen-bond acceptors (Lipinski definition) is 8. The number of methoxy groups -OCH3 is 1. The Hall–Kier alpha value is -3.17. The van der Waals surface area contributed by atoms with Gasteiger partial charge < -0.3 is 25.2 Å². The summed E-state index contributed by atoms with van der Waals surface area (Å²) in [4.78, 5) is 26.8. The van der Waals surface area contributed by atoms with Crippen LogP contribution in [0.5, 0.6) is 5.75 Å². The number of carbonyl (C=O) groups is 1. The minimum absolute atomic E-state index is 0.177. The first-order valence-electron chi connectivity index (χ1n) is 9.77. The smallest absolute Gasteiger partial charge is 0.269 e. The Morgan fingerprint density at radius 3 is 2.53 bits per heavy atom. The summed E-state index contributed by atoms with van der Waals surface area (Å²) in [5.74, 6) is 1.14. The fourth-order valence-corrected chi connectivity index (χ4v) is 4.64. The number of fused-ring (bicyclic) bond motifs is 2. The lowest BCUT2D eigenvalue weighted by Crippen LogP contribution is -2.44. The van der Waals surface area contributed by atoms with E-state index in [0.717, 1.165) is 53.9 Å². The predicted molar refractivity (Wildman–Crippen MR) is 119 cm³/mol. The average Bonchev–Trinajstić information content (AvgIpc) is 3.15. The molecule has 0 radical (unpaired) electrons. The van der Waals surface area contributed by atoms with E-state index >= 15 is 0 Å². The first-order valence-corrected chi connectivity index (χ1v) is 10.6. The summed E-state index contributed by atoms with van der Waals surface area (Å²) in [5, 5.41) is 7.16. The topological polar surface area (TPSA) is 82.6 Å². The summed E-state index contributed by atoms with van der Waals surface area (Å²) < 4.78 is 5.65. The summed E-state index contributed by atoms with van der Waals surface area (Å²) in [6.07, 6.45) is 3.44. The van der Waals surface area contributed by atoms with E-state index in [2.05, 4.69) is 32.5 Å². The second kappa shape index (κ2) is 7.58. The number of hydrogen-bond donors (Lipinski definition) is 2. The van der Waals surface area contributed by atoms with Crippen LogP contribution in [0.3, 0.4) is 0 Å². The van der Waals surface area contributed by atoms with Crippen LogP contribution in [-0.4, -0.2) is 61.1 Å². The molecule has 2 aliphatic heterocycles. The molecule has 154 valence electrons. The Labute approximate surface area is 178 Å². The van der Waals surface area contributed by atoms with Gasteiger partial charge in [-0.15, -0.1) is 11.3 Å². The first-order chi connectivity index (χ1) is 14.6. The van der Waals surface area contributed by atoms with Gasteiger partial charge in [0.15, 0.2) is 5.82 Å². The van der Waals surface area contributed by atoms with Crippen LogP contribution in [0.1, 0.15) is 9.67 Å². The van der Waals surface area contributed by atoms with E-state index in [1.807, 2.05) is 24.3 Å². The molecule has 1 saturated heterocycles. The van der Waals surface area contributed by atoms with Gasteiger partial charge in [-0.05, 0) is 25.2 Å². The number of carbonyl (C=O) groups excluding carboxylic acids is 1. The minimum Gasteiger partial charge on any atom is -0.495 e. The zero-order valence-electron chi connectivity index (χ0n) is 16.8. The van der Waals surface area contributed by atoms with E-state index in [1.54, 1.807) is 19.5 Å². The van der Waals surface area contributed by atoms with Crippen molar-refractivity contribution >= 4 is 40.1 Å². The van der Waals surface area contributed by atoms with Gasteiger partial charge in [-0.3, -0.25) is 9.78 Å². The van der Waals surface area contributed by atoms with Gasteiger partial charge in [0.2, 0.25) is 0 Å². The van der Waals surface area contributed by atoms with Gasteiger partial charge in [-0.25, -0.2) is 4.98 Å². The predicted octanol–water partition coefficient (Wildman–Crippen LogP) is 3.27. The van der Waals surface area contributed by atoms with Crippen molar-refractivity contribution in [3.63, 3.8) is 0 Å². The Balaban J connectivity index is 1.53. The molecule has 1 amide bonds. The SMILES string of the molecule is COc1cc2c(cc1N1CCN(C)CC1)Nc1nc(-c3ccncc3)sc1C(=O)N2. The van der Waals surface area contributed by atoms with Crippen molar-refractivity contribution in [2.75, 3.05) is 55.9 Å². The molecule has 1 fully saturated rings. The van der Waals surface area contributed by atoms with Crippen molar-refractivity contribution in [2.45, 2.75) is 0 Å². The maximum Gasteiger partial charge on any atom is 0.269 e. The van der Waals surface area contributed by atoms with Gasteiger partial charge >= 0.3 is 0 Å². The third-order valence-corrected chi connectivity index (χ3v) is 6.53. The number of ether oxygens (including phenoxy) is 1. The van der Waals surface area contributed by atoms with Crippen molar-refractivity contribution in [3.8, 4) is 16.3 Å². The third-order valence-electron chi connectivity index (χ3n) is 5.42. The standard InChI is InChI=1S/C21H22N6O2S/c1-26-7-9-27(10-8-26)16-11-14-15(12-17(16)29-2)24-20(28)18-19(23-14)25-21(30-18)13-3-5-22-6-4-13/h3-6,11-12,23H,7-10H2,1-2H3,(H,24,28). The molecule has 8 nitrogen and oxygen atoms in total. The fraction of sp³-hybridized carbons (Fsp3) is 0.286. The van der Waals surface area contributed by atoms with Crippen molar-refractivity contribution in [3.05, 3.63) is 41.5 Å². The number of piperazine rings is 1. The molecule has 2 aliphatic rings. The number of amides is 1. The number of pyridine rings is 1. The highest BCUT2D eigenvalue weighted by Gasteiger charge is 2.27. The second-order valence-corrected chi connectivity index (χ2v) is 8.37. The normalized spacial score (nSPS) is 16.2. The number of benzene rings is 1. The van der Waals surface area contributed by atoms with Gasteiger partial charge in [0, 0.05) is 50.2 Å². The third kappa shape index (κ3) is 3.35. The van der Waals surface area contributed by atoms with Crippen LogP contribution in [-0.2, 0) is 0 Å². The van der Waals surface area contributed by atoms with Crippen LogP contribution in [0.15, 0.2) is 36.7 Å². The molecule has 2 aromatic heterocycles. The Morgan fingerprint density at radius 1 is 1.07 bits per heavy atom. The Morgan fingerprint density at radius 2 is 1.80 bits per heavy atom. The summed E-state index contributed by atoms with van der Waals surface area (Å²) in [7, 11) is 3.79. The molecule has 0 saturated carbocycles. The van der Waals surface area contributed by atoms with E-state index in [1.165, 1.54) is 11.3 Å². The molecule has 0 unspecified atom stereocenters. The molecule has 0 aliphatic carbocycles. The van der Waals surface area contributed by atoms with E-state index in [4.69, 9.17) is 9.72 Å². The monoisotopic (exact) mass is 422 g/mol. The summed E-state index contributed by atoms with van der Waals surface area (Å²) >= 11 is 1.36. The van der Waals surface area contributed by atoms with Crippen LogP contribution < -0.4 is 20.3 Å². The minimum atomic E-state index is -0.177. The van der Waals surface area contributed by atoms with Crippen LogP contribution in [0.25, 0.3) is 10.6 Å². The van der Waals surface area contributed by atoms with Crippen LogP contribution in [0.2, 0.25) is 0 Å². The molecule has 4 heterocycles. The highest BCUT2D eigenvalue weighted by atomic mass is 32.1. The molecule has 3 aromatic rings. The van der Waals surface area contributed by atoms with Crippen molar-refractivity contribution in [2.24, 2.45) is 0 Å². The second-order valence-electron chi connectivity index (χ2n) is 7.37. The van der Waals surface area contributed by atoms with Gasteiger partial charge in [0.05, 0.1) is 24.2 Å². The number of thiazole rings is 1. The van der Waals surface area contributed by atoms with E-state index in [9.17, 15) is 4.79 Å². The molecule has 30 heavy (non-hydrogen) atoms. The molecule has 5 rings (SSSR count). The number of rotatable bonds is 3. The number of aromatic nitrogens is 2. The van der Waals surface area contributed by atoms with E-state index in [-0.39, 0.29) is 5.91 Å². The van der Waals surface area contributed by atoms with Gasteiger partial charge in [0.25, 0.3) is 5.91 Å². The summed E-state index contributed by atoms with van der Waals surface area (Å²) in [5.41, 5.74) is 3.44. The largest absolute Gasteiger partial charge is 0.495 e. The van der Waals surface area contributed by atoms with Crippen LogP contribution >= 0.6 is 11.3 Å². The molecular formula is C21H22N6O2S. The zero-order chi connectivity index (χ0) is 20.7.